The van der Waals surface area contributed by atoms with Crippen molar-refractivity contribution >= 4 is 11.3 Å². The number of hydrogen-bond acceptors (Lipinski definition) is 9. The van der Waals surface area contributed by atoms with Gasteiger partial charge in [-0.15, -0.1) is 0 Å². The molecule has 0 saturated carbocycles. The largest absolute Gasteiger partial charge is 0.493 e. The third-order valence-corrected chi connectivity index (χ3v) is 3.25. The topological polar surface area (TPSA) is 102 Å². The van der Waals surface area contributed by atoms with Crippen LogP contribution in [0.15, 0.2) is 16.9 Å². The van der Waals surface area contributed by atoms with E-state index in [1.54, 1.807) is 19.4 Å². The molecule has 0 atom stereocenters. The van der Waals surface area contributed by atoms with Gasteiger partial charge in [0.1, 0.15) is 0 Å². The Balaban J connectivity index is 1.97. The lowest BCUT2D eigenvalue weighted by Crippen LogP contribution is -1.96. The Labute approximate surface area is 123 Å². The standard InChI is InChI=1S/C13H10N4O5/c1-18-8-3-6(9(19-2)11-10(8)20-5-21-11)7-4-14-12-13(15-7)17-22-16-12/h3-4H,5H2,1-2H3. The van der Waals surface area contributed by atoms with Crippen LogP contribution < -0.4 is 18.9 Å². The Hall–Kier alpha value is -3.10. The van der Waals surface area contributed by atoms with E-state index in [1.165, 1.54) is 7.11 Å². The minimum absolute atomic E-state index is 0.101. The fraction of sp³-hybridized carbons (Fsp3) is 0.231. The van der Waals surface area contributed by atoms with Crippen molar-refractivity contribution in [3.63, 3.8) is 0 Å². The van der Waals surface area contributed by atoms with Crippen molar-refractivity contribution in [2.75, 3.05) is 21.0 Å². The van der Waals surface area contributed by atoms with Gasteiger partial charge in [0.2, 0.25) is 29.6 Å². The van der Waals surface area contributed by atoms with Crippen molar-refractivity contribution in [1.82, 2.24) is 20.3 Å². The summed E-state index contributed by atoms with van der Waals surface area (Å²) in [6.45, 7) is 0.101. The molecular weight excluding hydrogens is 292 g/mol. The minimum atomic E-state index is 0.101. The first-order chi connectivity index (χ1) is 10.8. The maximum atomic E-state index is 5.48. The Morgan fingerprint density at radius 1 is 1.05 bits per heavy atom. The molecule has 0 unspecified atom stereocenters. The number of methoxy groups -OCH3 is 2. The molecule has 0 spiro atoms. The second-order valence-electron chi connectivity index (χ2n) is 4.39. The summed E-state index contributed by atoms with van der Waals surface area (Å²) < 4.78 is 26.3. The molecule has 4 rings (SSSR count). The highest BCUT2D eigenvalue weighted by Crippen LogP contribution is 2.52. The van der Waals surface area contributed by atoms with Gasteiger partial charge in [-0.25, -0.2) is 14.6 Å². The molecule has 3 heterocycles. The third-order valence-electron chi connectivity index (χ3n) is 3.25. The molecule has 1 aliphatic rings. The highest BCUT2D eigenvalue weighted by atomic mass is 16.7. The van der Waals surface area contributed by atoms with Gasteiger partial charge in [-0.3, -0.25) is 0 Å². The molecule has 1 aliphatic heterocycles. The summed E-state index contributed by atoms with van der Waals surface area (Å²) in [5.41, 5.74) is 1.80. The van der Waals surface area contributed by atoms with Crippen LogP contribution in [0.4, 0.5) is 0 Å². The Morgan fingerprint density at radius 2 is 1.86 bits per heavy atom. The van der Waals surface area contributed by atoms with Crippen molar-refractivity contribution in [2.45, 2.75) is 0 Å². The van der Waals surface area contributed by atoms with E-state index < -0.39 is 0 Å². The molecule has 3 aromatic rings. The summed E-state index contributed by atoms with van der Waals surface area (Å²) in [5, 5.41) is 7.31. The molecule has 0 N–H and O–H groups in total. The fourth-order valence-electron chi connectivity index (χ4n) is 2.29. The summed E-state index contributed by atoms with van der Waals surface area (Å²) in [6, 6.07) is 1.75. The summed E-state index contributed by atoms with van der Waals surface area (Å²) in [6.07, 6.45) is 1.55. The molecule has 112 valence electrons. The molecule has 1 aromatic carbocycles. The monoisotopic (exact) mass is 302 g/mol. The minimum Gasteiger partial charge on any atom is -0.493 e. The van der Waals surface area contributed by atoms with Gasteiger partial charge in [0.05, 0.1) is 31.7 Å². The maximum Gasteiger partial charge on any atom is 0.243 e. The molecule has 9 heteroatoms. The van der Waals surface area contributed by atoms with E-state index in [9.17, 15) is 0 Å². The van der Waals surface area contributed by atoms with Crippen LogP contribution in [0.1, 0.15) is 0 Å². The molecule has 22 heavy (non-hydrogen) atoms. The Morgan fingerprint density at radius 3 is 2.68 bits per heavy atom. The van der Waals surface area contributed by atoms with Crippen LogP contribution in [0.25, 0.3) is 22.6 Å². The molecule has 0 radical (unpaired) electrons. The smallest absolute Gasteiger partial charge is 0.243 e. The van der Waals surface area contributed by atoms with Crippen LogP contribution in [0, 0.1) is 0 Å². The highest BCUT2D eigenvalue weighted by molar-refractivity contribution is 5.79. The van der Waals surface area contributed by atoms with Crippen LogP contribution >= 0.6 is 0 Å². The zero-order valence-electron chi connectivity index (χ0n) is 11.7. The number of nitrogens with zero attached hydrogens (tertiary/aromatic N) is 4. The predicted octanol–water partition coefficient (Wildman–Crippen LogP) is 1.43. The van der Waals surface area contributed by atoms with Crippen LogP contribution in [0.2, 0.25) is 0 Å². The van der Waals surface area contributed by atoms with Crippen molar-refractivity contribution in [1.29, 1.82) is 0 Å². The van der Waals surface area contributed by atoms with Crippen LogP contribution in [-0.4, -0.2) is 41.3 Å². The quantitative estimate of drug-likeness (QED) is 0.710. The van der Waals surface area contributed by atoms with Crippen molar-refractivity contribution in [3.8, 4) is 34.3 Å². The van der Waals surface area contributed by atoms with Gasteiger partial charge >= 0.3 is 0 Å². The lowest BCUT2D eigenvalue weighted by atomic mass is 10.1. The zero-order chi connectivity index (χ0) is 15.1. The number of fused-ring (bicyclic) bond motifs is 2. The molecule has 2 aromatic heterocycles. The van der Waals surface area contributed by atoms with Gasteiger partial charge in [0, 0.05) is 0 Å². The first-order valence-corrected chi connectivity index (χ1v) is 6.32. The van der Waals surface area contributed by atoms with E-state index in [0.29, 0.717) is 45.5 Å². The molecule has 0 amide bonds. The first kappa shape index (κ1) is 12.6. The number of rotatable bonds is 3. The van der Waals surface area contributed by atoms with Gasteiger partial charge in [-0.1, -0.05) is 0 Å². The fourth-order valence-corrected chi connectivity index (χ4v) is 2.29. The average Bonchev–Trinajstić information content (AvgIpc) is 3.21. The molecule has 0 saturated heterocycles. The second kappa shape index (κ2) is 4.72. The average molecular weight is 302 g/mol. The van der Waals surface area contributed by atoms with Gasteiger partial charge < -0.3 is 18.9 Å². The van der Waals surface area contributed by atoms with Crippen molar-refractivity contribution < 1.29 is 23.6 Å². The summed E-state index contributed by atoms with van der Waals surface area (Å²) >= 11 is 0. The maximum absolute atomic E-state index is 5.48. The van der Waals surface area contributed by atoms with Gasteiger partial charge in [0.25, 0.3) is 0 Å². The van der Waals surface area contributed by atoms with Gasteiger partial charge in [-0.05, 0) is 16.4 Å². The van der Waals surface area contributed by atoms with E-state index in [0.717, 1.165) is 0 Å². The molecule has 0 fully saturated rings. The lowest BCUT2D eigenvalue weighted by molar-refractivity contribution is 0.168. The van der Waals surface area contributed by atoms with Gasteiger partial charge in [0.15, 0.2) is 11.5 Å². The SMILES string of the molecule is COc1cc(-c2cnc3nonc3n2)c(OC)c2c1OCO2. The normalized spacial score (nSPS) is 12.6. The Kier molecular flexibility index (Phi) is 2.71. The number of aromatic nitrogens is 4. The summed E-state index contributed by atoms with van der Waals surface area (Å²) in [4.78, 5) is 8.50. The number of hydrogen-bond donors (Lipinski definition) is 0. The van der Waals surface area contributed by atoms with E-state index in [1.807, 2.05) is 0 Å². The summed E-state index contributed by atoms with van der Waals surface area (Å²) in [5.74, 6) is 1.97. The van der Waals surface area contributed by atoms with Gasteiger partial charge in [-0.2, -0.15) is 0 Å². The Bertz CT molecular complexity index is 863. The highest BCUT2D eigenvalue weighted by Gasteiger charge is 2.28. The number of ether oxygens (including phenoxy) is 4. The molecule has 9 nitrogen and oxygen atoms in total. The molecule has 0 aliphatic carbocycles. The molecular formula is C13H10N4O5. The number of benzene rings is 1. The predicted molar refractivity (Wildman–Crippen MR) is 72.1 cm³/mol. The summed E-state index contributed by atoms with van der Waals surface area (Å²) in [7, 11) is 3.08. The molecule has 0 bridgehead atoms. The lowest BCUT2D eigenvalue weighted by Gasteiger charge is -2.13. The zero-order valence-corrected chi connectivity index (χ0v) is 11.7. The van der Waals surface area contributed by atoms with Crippen LogP contribution in [-0.2, 0) is 0 Å². The second-order valence-corrected chi connectivity index (χ2v) is 4.39. The van der Waals surface area contributed by atoms with Crippen molar-refractivity contribution in [3.05, 3.63) is 12.3 Å². The van der Waals surface area contributed by atoms with E-state index in [-0.39, 0.29) is 6.79 Å². The van der Waals surface area contributed by atoms with E-state index in [4.69, 9.17) is 18.9 Å². The van der Waals surface area contributed by atoms with Crippen molar-refractivity contribution in [2.24, 2.45) is 0 Å². The first-order valence-electron chi connectivity index (χ1n) is 6.32. The third kappa shape index (κ3) is 1.72. The van der Waals surface area contributed by atoms with E-state index in [2.05, 4.69) is 24.9 Å². The van der Waals surface area contributed by atoms with Crippen LogP contribution in [0.3, 0.4) is 0 Å². The van der Waals surface area contributed by atoms with Crippen LogP contribution in [0.5, 0.6) is 23.0 Å². The van der Waals surface area contributed by atoms with E-state index >= 15 is 0 Å².